The number of hydrogen-bond donors (Lipinski definition) is 2. The Morgan fingerprint density at radius 1 is 1.18 bits per heavy atom. The van der Waals surface area contributed by atoms with E-state index >= 15 is 0 Å². The maximum atomic E-state index is 13.4. The van der Waals surface area contributed by atoms with Crippen LogP contribution in [0.5, 0.6) is 0 Å². The van der Waals surface area contributed by atoms with Crippen LogP contribution in [0.2, 0.25) is 0 Å². The number of anilines is 1. The lowest BCUT2D eigenvalue weighted by molar-refractivity contribution is -0.178. The van der Waals surface area contributed by atoms with Gasteiger partial charge in [0.15, 0.2) is 0 Å². The SMILES string of the molecule is CC1CN(c2cccc(C3CCC4C5NNCC5C(=O)N(CC(F)(F)F)C4C3)n2)CC(C)O1. The molecule has 7 atom stereocenters. The maximum absolute atomic E-state index is 13.4. The first-order valence-electron chi connectivity index (χ1n) is 11.9. The highest BCUT2D eigenvalue weighted by molar-refractivity contribution is 5.82. The molecule has 10 heteroatoms. The largest absolute Gasteiger partial charge is 0.406 e. The Balaban J connectivity index is 1.38. The third-order valence-electron chi connectivity index (χ3n) is 7.62. The van der Waals surface area contributed by atoms with Crippen molar-refractivity contribution >= 4 is 11.7 Å². The highest BCUT2D eigenvalue weighted by atomic mass is 19.4. The van der Waals surface area contributed by atoms with Crippen LogP contribution in [0.4, 0.5) is 19.0 Å². The summed E-state index contributed by atoms with van der Waals surface area (Å²) in [7, 11) is 0. The van der Waals surface area contributed by atoms with E-state index in [4.69, 9.17) is 9.72 Å². The minimum atomic E-state index is -4.42. The van der Waals surface area contributed by atoms with Crippen molar-refractivity contribution in [3.8, 4) is 0 Å². The van der Waals surface area contributed by atoms with E-state index in [1.165, 1.54) is 0 Å². The Kier molecular flexibility index (Phi) is 6.03. The minimum absolute atomic E-state index is 0.00502. The fraction of sp³-hybridized carbons (Fsp3) is 0.739. The summed E-state index contributed by atoms with van der Waals surface area (Å²) in [6, 6.07) is 5.38. The van der Waals surface area contributed by atoms with Gasteiger partial charge in [0.05, 0.1) is 18.1 Å². The predicted molar refractivity (Wildman–Crippen MR) is 117 cm³/mol. The number of nitrogens with one attached hydrogen (secondary N) is 2. The van der Waals surface area contributed by atoms with Crippen LogP contribution in [-0.4, -0.2) is 72.4 Å². The lowest BCUT2D eigenvalue weighted by Crippen LogP contribution is -2.63. The first-order valence-corrected chi connectivity index (χ1v) is 11.9. The molecular weight excluding hydrogens is 435 g/mol. The van der Waals surface area contributed by atoms with E-state index in [0.717, 1.165) is 42.3 Å². The van der Waals surface area contributed by atoms with Crippen LogP contribution >= 0.6 is 0 Å². The van der Waals surface area contributed by atoms with E-state index in [0.29, 0.717) is 13.0 Å². The zero-order chi connectivity index (χ0) is 23.3. The van der Waals surface area contributed by atoms with Gasteiger partial charge < -0.3 is 14.5 Å². The molecule has 1 saturated carbocycles. The van der Waals surface area contributed by atoms with Gasteiger partial charge >= 0.3 is 6.18 Å². The topological polar surface area (TPSA) is 69.7 Å². The summed E-state index contributed by atoms with van der Waals surface area (Å²) < 4.78 is 46.0. The van der Waals surface area contributed by atoms with Crippen LogP contribution < -0.4 is 15.8 Å². The van der Waals surface area contributed by atoms with E-state index in [1.54, 1.807) is 0 Å². The Morgan fingerprint density at radius 2 is 1.94 bits per heavy atom. The number of amides is 1. The minimum Gasteiger partial charge on any atom is -0.372 e. The number of hydrogen-bond acceptors (Lipinski definition) is 6. The number of carbonyl (C=O) groups is 1. The molecule has 3 saturated heterocycles. The van der Waals surface area contributed by atoms with Crippen LogP contribution in [0.25, 0.3) is 0 Å². The fourth-order valence-corrected chi connectivity index (χ4v) is 6.35. The monoisotopic (exact) mass is 467 g/mol. The van der Waals surface area contributed by atoms with Crippen molar-refractivity contribution in [2.24, 2.45) is 11.8 Å². The van der Waals surface area contributed by atoms with E-state index in [2.05, 4.69) is 15.8 Å². The number of piperidine rings is 1. The standard InChI is InChI=1S/C23H32F3N5O2/c1-13-10-30(11-14(2)33-13)20-5-3-4-18(28-20)15-6-7-16-19(8-15)31(12-23(24,25)26)22(32)17-9-27-29-21(16)17/h3-5,13-17,19,21,27,29H,6-12H2,1-2H3. The van der Waals surface area contributed by atoms with Gasteiger partial charge in [-0.05, 0) is 51.2 Å². The fourth-order valence-electron chi connectivity index (χ4n) is 6.35. The van der Waals surface area contributed by atoms with E-state index in [-0.39, 0.29) is 30.1 Å². The van der Waals surface area contributed by atoms with Crippen LogP contribution in [0.3, 0.4) is 0 Å². The molecule has 4 aliphatic rings. The molecule has 182 valence electrons. The number of alkyl halides is 3. The zero-order valence-corrected chi connectivity index (χ0v) is 19.0. The number of fused-ring (bicyclic) bond motifs is 3. The van der Waals surface area contributed by atoms with E-state index in [1.807, 2.05) is 32.0 Å². The number of rotatable bonds is 3. The molecule has 1 amide bonds. The molecule has 33 heavy (non-hydrogen) atoms. The summed E-state index contributed by atoms with van der Waals surface area (Å²) in [6.07, 6.45) is -2.07. The predicted octanol–water partition coefficient (Wildman–Crippen LogP) is 2.44. The number of pyridine rings is 1. The van der Waals surface area contributed by atoms with Crippen molar-refractivity contribution in [2.75, 3.05) is 31.1 Å². The smallest absolute Gasteiger partial charge is 0.372 e. The summed E-state index contributed by atoms with van der Waals surface area (Å²) in [6.45, 7) is 4.80. The molecule has 1 aromatic rings. The quantitative estimate of drug-likeness (QED) is 0.712. The molecule has 1 aliphatic carbocycles. The van der Waals surface area contributed by atoms with Gasteiger partial charge in [-0.15, -0.1) is 0 Å². The normalized spacial score (nSPS) is 37.1. The third-order valence-corrected chi connectivity index (χ3v) is 7.62. The molecule has 2 N–H and O–H groups in total. The molecule has 0 spiro atoms. The van der Waals surface area contributed by atoms with Gasteiger partial charge in [0, 0.05) is 43.3 Å². The number of aromatic nitrogens is 1. The maximum Gasteiger partial charge on any atom is 0.406 e. The first kappa shape index (κ1) is 22.9. The molecule has 7 unspecified atom stereocenters. The summed E-state index contributed by atoms with van der Waals surface area (Å²) in [5.41, 5.74) is 7.07. The zero-order valence-electron chi connectivity index (χ0n) is 19.0. The number of likely N-dealkylation sites (tertiary alicyclic amines) is 1. The highest BCUT2D eigenvalue weighted by Crippen LogP contribution is 2.45. The second-order valence-electron chi connectivity index (χ2n) is 10.1. The molecule has 0 aromatic carbocycles. The Morgan fingerprint density at radius 3 is 2.67 bits per heavy atom. The molecule has 5 rings (SSSR count). The Hall–Kier alpha value is -1.91. The van der Waals surface area contributed by atoms with Crippen LogP contribution in [-0.2, 0) is 9.53 Å². The van der Waals surface area contributed by atoms with Crippen molar-refractivity contribution in [3.05, 3.63) is 23.9 Å². The van der Waals surface area contributed by atoms with Gasteiger partial charge in [-0.1, -0.05) is 6.07 Å². The lowest BCUT2D eigenvalue weighted by atomic mass is 9.68. The summed E-state index contributed by atoms with van der Waals surface area (Å²) >= 11 is 0. The van der Waals surface area contributed by atoms with Gasteiger partial charge in [0.25, 0.3) is 0 Å². The molecular formula is C23H32F3N5O2. The molecule has 0 radical (unpaired) electrons. The molecule has 0 bridgehead atoms. The summed E-state index contributed by atoms with van der Waals surface area (Å²) in [5, 5.41) is 0. The van der Waals surface area contributed by atoms with Gasteiger partial charge in [-0.3, -0.25) is 15.6 Å². The molecule has 1 aromatic heterocycles. The molecule has 4 fully saturated rings. The third kappa shape index (κ3) is 4.57. The van der Waals surface area contributed by atoms with Crippen molar-refractivity contribution < 1.29 is 22.7 Å². The van der Waals surface area contributed by atoms with Crippen LogP contribution in [0.15, 0.2) is 18.2 Å². The molecule has 3 aliphatic heterocycles. The van der Waals surface area contributed by atoms with Crippen molar-refractivity contribution in [1.29, 1.82) is 0 Å². The van der Waals surface area contributed by atoms with E-state index in [9.17, 15) is 18.0 Å². The second-order valence-corrected chi connectivity index (χ2v) is 10.1. The summed E-state index contributed by atoms with van der Waals surface area (Å²) in [5.74, 6) is 0.0822. The van der Waals surface area contributed by atoms with Crippen LogP contribution in [0.1, 0.15) is 44.7 Å². The number of hydrazine groups is 1. The number of nitrogens with zero attached hydrogens (tertiary/aromatic N) is 3. The average molecular weight is 468 g/mol. The van der Waals surface area contributed by atoms with E-state index < -0.39 is 30.6 Å². The van der Waals surface area contributed by atoms with Gasteiger partial charge in [-0.25, -0.2) is 4.98 Å². The second kappa shape index (κ2) is 8.70. The Labute approximate surface area is 192 Å². The molecule has 4 heterocycles. The van der Waals surface area contributed by atoms with Crippen molar-refractivity contribution in [3.63, 3.8) is 0 Å². The number of halogens is 3. The number of ether oxygens (including phenoxy) is 1. The van der Waals surface area contributed by atoms with Gasteiger partial charge in [0.2, 0.25) is 5.91 Å². The van der Waals surface area contributed by atoms with Gasteiger partial charge in [0.1, 0.15) is 12.4 Å². The lowest BCUT2D eigenvalue weighted by Gasteiger charge is -2.50. The molecule has 7 nitrogen and oxygen atoms in total. The summed E-state index contributed by atoms with van der Waals surface area (Å²) in [4.78, 5) is 21.3. The van der Waals surface area contributed by atoms with Gasteiger partial charge in [-0.2, -0.15) is 13.2 Å². The van der Waals surface area contributed by atoms with Crippen molar-refractivity contribution in [2.45, 2.75) is 69.5 Å². The number of morpholine rings is 1. The average Bonchev–Trinajstić information content (AvgIpc) is 3.25. The highest BCUT2D eigenvalue weighted by Gasteiger charge is 2.54. The van der Waals surface area contributed by atoms with Crippen molar-refractivity contribution in [1.82, 2.24) is 20.7 Å². The first-order chi connectivity index (χ1) is 15.7. The van der Waals surface area contributed by atoms with Crippen LogP contribution in [0, 0.1) is 11.8 Å². The Bertz CT molecular complexity index is 874. The number of carbonyl (C=O) groups excluding carboxylic acids is 1.